The number of hydrogen-bond donors (Lipinski definition) is 2. The number of aromatic nitrogens is 3. The van der Waals surface area contributed by atoms with E-state index in [1.54, 1.807) is 6.07 Å². The Kier molecular flexibility index (Phi) is 3.50. The first-order valence-corrected chi connectivity index (χ1v) is 7.75. The van der Waals surface area contributed by atoms with E-state index in [4.69, 9.17) is 0 Å². The molecule has 2 heterocycles. The molecule has 8 heteroatoms. The number of alkyl halides is 3. The molecule has 26 heavy (non-hydrogen) atoms. The highest BCUT2D eigenvalue weighted by molar-refractivity contribution is 6.09. The Bertz CT molecular complexity index is 1140. The highest BCUT2D eigenvalue weighted by Gasteiger charge is 2.34. The summed E-state index contributed by atoms with van der Waals surface area (Å²) in [4.78, 5) is 18.2. The molecular formula is C18H13F3N4O. The molecule has 132 valence electrons. The number of benzene rings is 2. The van der Waals surface area contributed by atoms with Gasteiger partial charge in [0, 0.05) is 29.7 Å². The molecule has 0 saturated carbocycles. The van der Waals surface area contributed by atoms with Gasteiger partial charge in [0.1, 0.15) is 0 Å². The molecule has 0 fully saturated rings. The van der Waals surface area contributed by atoms with Crippen molar-refractivity contribution in [2.45, 2.75) is 6.18 Å². The molecule has 0 saturated heterocycles. The average Bonchev–Trinajstić information content (AvgIpc) is 3.18. The lowest BCUT2D eigenvalue weighted by molar-refractivity contribution is -0.144. The topological polar surface area (TPSA) is 62.7 Å². The van der Waals surface area contributed by atoms with Gasteiger partial charge in [-0.15, -0.1) is 0 Å². The van der Waals surface area contributed by atoms with Crippen LogP contribution in [0.1, 0.15) is 16.2 Å². The van der Waals surface area contributed by atoms with Crippen LogP contribution in [0.5, 0.6) is 0 Å². The van der Waals surface area contributed by atoms with Crippen molar-refractivity contribution >= 4 is 33.5 Å². The minimum Gasteiger partial charge on any atom is -0.350 e. The first-order valence-electron chi connectivity index (χ1n) is 7.75. The second-order valence-electron chi connectivity index (χ2n) is 5.93. The summed E-state index contributed by atoms with van der Waals surface area (Å²) in [6.45, 7) is 0. The second kappa shape index (κ2) is 5.62. The lowest BCUT2D eigenvalue weighted by atomic mass is 10.1. The first-order chi connectivity index (χ1) is 12.3. The van der Waals surface area contributed by atoms with Crippen LogP contribution in [-0.2, 0) is 13.2 Å². The summed E-state index contributed by atoms with van der Waals surface area (Å²) in [5.41, 5.74) is 2.14. The number of fused-ring (bicyclic) bond motifs is 2. The minimum atomic E-state index is -4.57. The summed E-state index contributed by atoms with van der Waals surface area (Å²) < 4.78 is 40.2. The van der Waals surface area contributed by atoms with Crippen LogP contribution in [0.4, 0.5) is 18.9 Å². The van der Waals surface area contributed by atoms with E-state index in [1.807, 2.05) is 36.0 Å². The number of rotatable bonds is 2. The number of nitrogens with one attached hydrogen (secondary N) is 2. The Labute approximate surface area is 145 Å². The fourth-order valence-corrected chi connectivity index (χ4v) is 2.89. The maximum Gasteiger partial charge on any atom is 0.449 e. The summed E-state index contributed by atoms with van der Waals surface area (Å²) in [7, 11) is 1.90. The van der Waals surface area contributed by atoms with Gasteiger partial charge in [0.25, 0.3) is 5.91 Å². The van der Waals surface area contributed by atoms with Gasteiger partial charge in [0.15, 0.2) is 0 Å². The first kappa shape index (κ1) is 16.2. The highest BCUT2D eigenvalue weighted by Crippen LogP contribution is 2.29. The number of hydrogen-bond acceptors (Lipinski definition) is 2. The van der Waals surface area contributed by atoms with Crippen molar-refractivity contribution in [1.82, 2.24) is 14.5 Å². The molecule has 0 aliphatic carbocycles. The third-order valence-electron chi connectivity index (χ3n) is 4.19. The molecule has 0 aliphatic rings. The van der Waals surface area contributed by atoms with E-state index >= 15 is 0 Å². The van der Waals surface area contributed by atoms with E-state index in [1.165, 1.54) is 18.2 Å². The van der Waals surface area contributed by atoms with Crippen LogP contribution in [0.3, 0.4) is 0 Å². The zero-order chi connectivity index (χ0) is 18.5. The van der Waals surface area contributed by atoms with Gasteiger partial charge >= 0.3 is 6.18 Å². The summed E-state index contributed by atoms with van der Waals surface area (Å²) >= 11 is 0. The molecular weight excluding hydrogens is 345 g/mol. The van der Waals surface area contributed by atoms with Crippen LogP contribution in [0.2, 0.25) is 0 Å². The standard InChI is InChI=1S/C18H13F3N4O/c1-25-8-7-11-12(3-2-4-15(11)25)22-16(26)10-5-6-13-14(9-10)24-17(23-13)18(19,20)21/h2-9H,1H3,(H,22,26)(H,23,24). The Morgan fingerprint density at radius 2 is 2.00 bits per heavy atom. The lowest BCUT2D eigenvalue weighted by Gasteiger charge is -2.07. The van der Waals surface area contributed by atoms with Crippen LogP contribution in [0, 0.1) is 0 Å². The van der Waals surface area contributed by atoms with Gasteiger partial charge in [-0.2, -0.15) is 13.2 Å². The van der Waals surface area contributed by atoms with Crippen molar-refractivity contribution in [1.29, 1.82) is 0 Å². The van der Waals surface area contributed by atoms with E-state index < -0.39 is 17.9 Å². The summed E-state index contributed by atoms with van der Waals surface area (Å²) in [6, 6.07) is 11.6. The van der Waals surface area contributed by atoms with Crippen molar-refractivity contribution in [3.05, 3.63) is 60.0 Å². The maximum absolute atomic E-state index is 12.7. The van der Waals surface area contributed by atoms with Gasteiger partial charge in [-0.25, -0.2) is 4.98 Å². The van der Waals surface area contributed by atoms with E-state index in [0.29, 0.717) is 5.69 Å². The fourth-order valence-electron chi connectivity index (χ4n) is 2.89. The third kappa shape index (κ3) is 2.69. The molecule has 0 radical (unpaired) electrons. The number of aryl methyl sites for hydroxylation is 1. The van der Waals surface area contributed by atoms with E-state index in [2.05, 4.69) is 15.3 Å². The van der Waals surface area contributed by atoms with E-state index in [-0.39, 0.29) is 16.6 Å². The molecule has 0 atom stereocenters. The van der Waals surface area contributed by atoms with E-state index in [9.17, 15) is 18.0 Å². The van der Waals surface area contributed by atoms with Crippen LogP contribution in [-0.4, -0.2) is 20.4 Å². The zero-order valence-electron chi connectivity index (χ0n) is 13.6. The number of carbonyl (C=O) groups excluding carboxylic acids is 1. The number of amides is 1. The number of imidazole rings is 1. The van der Waals surface area contributed by atoms with Crippen LogP contribution >= 0.6 is 0 Å². The van der Waals surface area contributed by atoms with Gasteiger partial charge in [-0.3, -0.25) is 4.79 Å². The SMILES string of the molecule is Cn1ccc2c(NC(=O)c3ccc4nc(C(F)(F)F)[nH]c4c3)cccc21. The molecule has 0 bridgehead atoms. The number of carbonyl (C=O) groups is 1. The Morgan fingerprint density at radius 3 is 2.77 bits per heavy atom. The maximum atomic E-state index is 12.7. The normalized spacial score (nSPS) is 12.0. The summed E-state index contributed by atoms with van der Waals surface area (Å²) in [5.74, 6) is -1.49. The van der Waals surface area contributed by atoms with Crippen molar-refractivity contribution in [3.63, 3.8) is 0 Å². The van der Waals surface area contributed by atoms with Crippen molar-refractivity contribution < 1.29 is 18.0 Å². The quantitative estimate of drug-likeness (QED) is 0.560. The van der Waals surface area contributed by atoms with E-state index in [0.717, 1.165) is 10.9 Å². The number of H-pyrrole nitrogens is 1. The number of anilines is 1. The monoisotopic (exact) mass is 358 g/mol. The molecule has 0 unspecified atom stereocenters. The summed E-state index contributed by atoms with van der Waals surface area (Å²) in [5, 5.41) is 3.69. The average molecular weight is 358 g/mol. The van der Waals surface area contributed by atoms with Crippen LogP contribution in [0.15, 0.2) is 48.7 Å². The molecule has 0 aliphatic heterocycles. The Morgan fingerprint density at radius 1 is 1.19 bits per heavy atom. The van der Waals surface area contributed by atoms with Crippen LogP contribution < -0.4 is 5.32 Å². The van der Waals surface area contributed by atoms with Crippen LogP contribution in [0.25, 0.3) is 21.9 Å². The fraction of sp³-hybridized carbons (Fsp3) is 0.111. The van der Waals surface area contributed by atoms with Gasteiger partial charge in [0.2, 0.25) is 5.82 Å². The molecule has 4 rings (SSSR count). The number of halogens is 3. The van der Waals surface area contributed by atoms with Gasteiger partial charge in [-0.1, -0.05) is 6.07 Å². The van der Waals surface area contributed by atoms with Crippen molar-refractivity contribution in [3.8, 4) is 0 Å². The third-order valence-corrected chi connectivity index (χ3v) is 4.19. The zero-order valence-corrected chi connectivity index (χ0v) is 13.6. The molecule has 2 aromatic carbocycles. The van der Waals surface area contributed by atoms with Gasteiger partial charge < -0.3 is 14.9 Å². The predicted molar refractivity (Wildman–Crippen MR) is 92.0 cm³/mol. The molecule has 0 spiro atoms. The highest BCUT2D eigenvalue weighted by atomic mass is 19.4. The Hall–Kier alpha value is -3.29. The number of aromatic amines is 1. The van der Waals surface area contributed by atoms with Gasteiger partial charge in [-0.05, 0) is 36.4 Å². The largest absolute Gasteiger partial charge is 0.449 e. The molecule has 2 N–H and O–H groups in total. The van der Waals surface area contributed by atoms with Crippen molar-refractivity contribution in [2.75, 3.05) is 5.32 Å². The second-order valence-corrected chi connectivity index (χ2v) is 5.93. The lowest BCUT2D eigenvalue weighted by Crippen LogP contribution is -2.12. The number of nitrogens with zero attached hydrogens (tertiary/aromatic N) is 2. The van der Waals surface area contributed by atoms with Gasteiger partial charge in [0.05, 0.1) is 16.7 Å². The minimum absolute atomic E-state index is 0.152. The predicted octanol–water partition coefficient (Wildman–Crippen LogP) is 4.33. The summed E-state index contributed by atoms with van der Waals surface area (Å²) in [6.07, 6.45) is -2.68. The molecule has 2 aromatic heterocycles. The smallest absolute Gasteiger partial charge is 0.350 e. The Balaban J connectivity index is 1.67. The molecule has 4 aromatic rings. The molecule has 1 amide bonds. The molecule has 5 nitrogen and oxygen atoms in total. The van der Waals surface area contributed by atoms with Crippen molar-refractivity contribution in [2.24, 2.45) is 7.05 Å².